The lowest BCUT2D eigenvalue weighted by molar-refractivity contribution is -0.172. The number of carboxylic acids is 1. The van der Waals surface area contributed by atoms with Gasteiger partial charge in [0.05, 0.1) is 58.0 Å². The molecule has 4 aromatic heterocycles. The van der Waals surface area contributed by atoms with Gasteiger partial charge in [-0.15, -0.1) is 0 Å². The van der Waals surface area contributed by atoms with E-state index < -0.39 is 59.6 Å². The summed E-state index contributed by atoms with van der Waals surface area (Å²) < 4.78 is 42.8. The van der Waals surface area contributed by atoms with E-state index in [0.717, 1.165) is 41.3 Å². The Morgan fingerprint density at radius 1 is 0.612 bits per heavy atom. The van der Waals surface area contributed by atoms with Gasteiger partial charge in [0.15, 0.2) is 11.2 Å². The van der Waals surface area contributed by atoms with Crippen LogP contribution in [-0.4, -0.2) is 86.6 Å². The van der Waals surface area contributed by atoms with Crippen molar-refractivity contribution < 1.29 is 63.0 Å². The van der Waals surface area contributed by atoms with E-state index in [1.165, 1.54) is 27.2 Å². The Bertz CT molecular complexity index is 4090. The van der Waals surface area contributed by atoms with E-state index in [0.29, 0.717) is 68.0 Å². The summed E-state index contributed by atoms with van der Waals surface area (Å²) in [5.41, 5.74) is 5.53. The molecule has 4 aromatic carbocycles. The molecule has 8 heterocycles. The number of carboxylic acid groups (broad SMARTS) is 1. The fraction of sp³-hybridized carbons (Fsp3) is 0.323. The predicted molar refractivity (Wildman–Crippen MR) is 313 cm³/mol. The lowest BCUT2D eigenvalue weighted by Crippen LogP contribution is -2.44. The van der Waals surface area contributed by atoms with Crippen LogP contribution in [0.1, 0.15) is 115 Å². The number of carbonyl (C=O) groups is 4. The van der Waals surface area contributed by atoms with Gasteiger partial charge in [0, 0.05) is 58.2 Å². The molecule has 12 rings (SSSR count). The summed E-state index contributed by atoms with van der Waals surface area (Å²) in [5, 5.41) is 48.6. The first-order valence-electron chi connectivity index (χ1n) is 27.1. The maximum Gasteiger partial charge on any atom is 0.343 e. The number of aliphatic carboxylic acids is 1. The molecule has 0 saturated heterocycles. The molecule has 0 unspecified atom stereocenters. The monoisotopic (exact) mass is 1160 g/mol. The number of esters is 2. The van der Waals surface area contributed by atoms with Crippen LogP contribution in [0.3, 0.4) is 0 Å². The zero-order chi connectivity index (χ0) is 59.2. The number of aryl methyl sites for hydroxylation is 4. The van der Waals surface area contributed by atoms with Crippen molar-refractivity contribution in [1.82, 2.24) is 24.0 Å². The molecule has 20 heteroatoms. The van der Waals surface area contributed by atoms with Gasteiger partial charge in [-0.1, -0.05) is 89.4 Å². The first-order valence-corrected chi connectivity index (χ1v) is 27.1. The van der Waals surface area contributed by atoms with Gasteiger partial charge in [0.25, 0.3) is 11.1 Å². The van der Waals surface area contributed by atoms with Crippen LogP contribution in [-0.2, 0) is 92.1 Å². The first-order chi connectivity index (χ1) is 39.7. The van der Waals surface area contributed by atoms with E-state index in [2.05, 4.69) is 12.1 Å². The van der Waals surface area contributed by atoms with Crippen molar-refractivity contribution in [2.45, 2.75) is 125 Å². The number of amides is 1. The van der Waals surface area contributed by atoms with E-state index in [-0.39, 0.29) is 94.2 Å². The minimum absolute atomic E-state index is 0. The maximum atomic E-state index is 14.8. The summed E-state index contributed by atoms with van der Waals surface area (Å²) in [6.07, 6.45) is 2.60. The van der Waals surface area contributed by atoms with Gasteiger partial charge in [-0.2, -0.15) is 0 Å². The highest BCUT2D eigenvalue weighted by Crippen LogP contribution is 2.43. The fourth-order valence-corrected chi connectivity index (χ4v) is 11.5. The fourth-order valence-electron chi connectivity index (χ4n) is 11.5. The van der Waals surface area contributed by atoms with Crippen molar-refractivity contribution >= 4 is 45.6 Å². The van der Waals surface area contributed by atoms with Crippen LogP contribution in [0.5, 0.6) is 0 Å². The third kappa shape index (κ3) is 11.2. The quantitative estimate of drug-likeness (QED) is 0.0724. The van der Waals surface area contributed by atoms with Crippen molar-refractivity contribution in [2.75, 3.05) is 13.2 Å². The molecule has 85 heavy (non-hydrogen) atoms. The van der Waals surface area contributed by atoms with Crippen LogP contribution in [0, 0.1) is 25.5 Å². The number of aliphatic hydroxyl groups is 4. The van der Waals surface area contributed by atoms with E-state index in [9.17, 15) is 48.1 Å². The number of aliphatic hydroxyl groups excluding tert-OH is 2. The summed E-state index contributed by atoms with van der Waals surface area (Å²) in [5.74, 6) is -4.04. The van der Waals surface area contributed by atoms with Crippen molar-refractivity contribution in [1.29, 1.82) is 0 Å². The second kappa shape index (κ2) is 24.8. The molecule has 0 saturated carbocycles. The summed E-state index contributed by atoms with van der Waals surface area (Å²) in [7, 11) is 0. The van der Waals surface area contributed by atoms with Gasteiger partial charge in [-0.05, 0) is 104 Å². The zero-order valence-corrected chi connectivity index (χ0v) is 45.9. The molecule has 0 spiro atoms. The number of carbonyl (C=O) groups excluding carboxylic acids is 3. The standard InChI is InChI=1S/C31H28FN3O6.C30H27FN2O4.C2H4O3.2CH4/c1-3-31(40)23-10-26-28-21(14-35(26)29(38)22(23)16-41-30(31)39)20(19-9-17(2)24(32)11-25(19)33-28)13-34(27(37)15-36)12-18-7-5-4-6-8-18;1-3-30(36)23-13-26-27-21(15-33(26)28(34)22(23)16-37-29(30)35)19(11-7-10-18-8-5-4-6-9-18)20-12-17(2)24(31)14-25(20)32-27;3-1-2(4)5;;/h4-11,36,40H,3,12-16H2,1-2H3;4-6,8-9,12-14,36H,3,7,10-11,15-16H2,1-2H3;3H,1H2,(H,4,5);2*1H4/t31-;30-;;;/m00.../s1. The molecule has 0 bridgehead atoms. The highest BCUT2D eigenvalue weighted by Gasteiger charge is 2.47. The van der Waals surface area contributed by atoms with Crippen molar-refractivity contribution in [3.8, 4) is 22.8 Å². The molecule has 4 aliphatic rings. The average Bonchev–Trinajstić information content (AvgIpc) is 1.67. The number of cyclic esters (lactones) is 2. The van der Waals surface area contributed by atoms with E-state index >= 15 is 0 Å². The second-order valence-electron chi connectivity index (χ2n) is 21.1. The Balaban J connectivity index is 0.000000201. The average molecular weight is 1160 g/mol. The number of pyridine rings is 4. The molecule has 0 fully saturated rings. The number of hydrogen-bond donors (Lipinski definition) is 5. The Labute approximate surface area is 488 Å². The predicted octanol–water partition coefficient (Wildman–Crippen LogP) is 8.09. The largest absolute Gasteiger partial charge is 0.480 e. The Hall–Kier alpha value is -8.82. The molecule has 2 atom stereocenters. The third-order valence-electron chi connectivity index (χ3n) is 16.1. The van der Waals surface area contributed by atoms with Gasteiger partial charge in [-0.25, -0.2) is 33.1 Å². The number of benzene rings is 4. The molecule has 4 aliphatic heterocycles. The van der Waals surface area contributed by atoms with Crippen LogP contribution in [0.2, 0.25) is 0 Å². The molecule has 0 aliphatic carbocycles. The normalized spacial score (nSPS) is 16.5. The summed E-state index contributed by atoms with van der Waals surface area (Å²) in [6, 6.07) is 29.2. The van der Waals surface area contributed by atoms with E-state index in [4.69, 9.17) is 34.4 Å². The SMILES string of the molecule is C.C.CC[C@@]1(O)C(=O)OCc2c1cc1n(c2=O)Cc2c-1nc1cc(F)c(C)cc1c2CCCc1ccccc1.CC[C@@]1(O)C(=O)OCc2c1cc1n(c2=O)Cc2c-1nc1cc(F)c(C)cc1c2CN(Cc1ccccc1)C(=O)CO.O=C(O)CO. The van der Waals surface area contributed by atoms with Gasteiger partial charge >= 0.3 is 17.9 Å². The number of nitrogens with zero attached hydrogens (tertiary/aromatic N) is 5. The Morgan fingerprint density at radius 2 is 1.05 bits per heavy atom. The van der Waals surface area contributed by atoms with Crippen molar-refractivity contribution in [2.24, 2.45) is 0 Å². The summed E-state index contributed by atoms with van der Waals surface area (Å²) in [6.45, 7) is 5.54. The van der Waals surface area contributed by atoms with Gasteiger partial charge in [0.1, 0.15) is 38.1 Å². The molecule has 0 radical (unpaired) electrons. The first kappa shape index (κ1) is 62.2. The number of fused-ring (bicyclic) bond motifs is 10. The van der Waals surface area contributed by atoms with E-state index in [1.807, 2.05) is 54.6 Å². The topological polar surface area (TPSA) is 261 Å². The van der Waals surface area contributed by atoms with Crippen LogP contribution in [0.25, 0.3) is 44.6 Å². The summed E-state index contributed by atoms with van der Waals surface area (Å²) in [4.78, 5) is 85.4. The molecule has 1 amide bonds. The zero-order valence-electron chi connectivity index (χ0n) is 45.9. The Morgan fingerprint density at radius 3 is 1.48 bits per heavy atom. The summed E-state index contributed by atoms with van der Waals surface area (Å²) >= 11 is 0. The van der Waals surface area contributed by atoms with Gasteiger partial charge in [0.2, 0.25) is 5.91 Å². The molecule has 5 N–H and O–H groups in total. The van der Waals surface area contributed by atoms with Crippen LogP contribution < -0.4 is 11.1 Å². The molecular weight excluding hydrogens is 1100 g/mol. The third-order valence-corrected chi connectivity index (χ3v) is 16.1. The number of halogens is 2. The van der Waals surface area contributed by atoms with Crippen LogP contribution >= 0.6 is 0 Å². The number of rotatable bonds is 12. The molecule has 444 valence electrons. The van der Waals surface area contributed by atoms with Gasteiger partial charge in [-0.3, -0.25) is 14.4 Å². The minimum Gasteiger partial charge on any atom is -0.480 e. The van der Waals surface area contributed by atoms with Crippen molar-refractivity contribution in [3.05, 3.63) is 196 Å². The highest BCUT2D eigenvalue weighted by atomic mass is 19.1. The minimum atomic E-state index is -1.98. The number of hydrogen-bond acceptors (Lipinski definition) is 14. The smallest absolute Gasteiger partial charge is 0.343 e. The van der Waals surface area contributed by atoms with Gasteiger partial charge < -0.3 is 49.0 Å². The van der Waals surface area contributed by atoms with Crippen molar-refractivity contribution in [3.63, 3.8) is 0 Å². The van der Waals surface area contributed by atoms with E-state index in [1.54, 1.807) is 50.5 Å². The second-order valence-corrected chi connectivity index (χ2v) is 21.1. The number of aromatic nitrogens is 4. The lowest BCUT2D eigenvalue weighted by Gasteiger charge is -2.31. The number of ether oxygens (including phenoxy) is 2. The Kier molecular flexibility index (Phi) is 18.1. The molecular formula is C65H67F2N5O13. The maximum absolute atomic E-state index is 14.8. The van der Waals surface area contributed by atoms with Crippen LogP contribution in [0.4, 0.5) is 8.78 Å². The lowest BCUT2D eigenvalue weighted by atomic mass is 9.86. The highest BCUT2D eigenvalue weighted by molar-refractivity contribution is 5.92. The molecule has 8 aromatic rings. The molecule has 18 nitrogen and oxygen atoms in total. The van der Waals surface area contributed by atoms with Crippen LogP contribution in [0.15, 0.2) is 107 Å².